The average molecular weight is 290 g/mol. The van der Waals surface area contributed by atoms with Crippen molar-refractivity contribution in [3.8, 4) is 11.5 Å². The summed E-state index contributed by atoms with van der Waals surface area (Å²) < 4.78 is 11.3. The van der Waals surface area contributed by atoms with Crippen molar-refractivity contribution in [3.63, 3.8) is 0 Å². The molecule has 0 radical (unpaired) electrons. The maximum atomic E-state index is 5.68. The molecule has 0 aliphatic rings. The molecule has 4 N–H and O–H groups in total. The molecule has 0 atom stereocenters. The van der Waals surface area contributed by atoms with Crippen molar-refractivity contribution in [1.82, 2.24) is 0 Å². The Morgan fingerprint density at radius 2 is 1.95 bits per heavy atom. The van der Waals surface area contributed by atoms with Gasteiger partial charge in [0.15, 0.2) is 11.5 Å². The lowest BCUT2D eigenvalue weighted by Crippen LogP contribution is -2.21. The number of guanidine groups is 1. The first-order valence-electron chi connectivity index (χ1n) is 6.68. The normalized spacial score (nSPS) is 10.2. The van der Waals surface area contributed by atoms with Crippen LogP contribution in [-0.4, -0.2) is 25.4 Å². The van der Waals surface area contributed by atoms with Crippen LogP contribution in [0.2, 0.25) is 0 Å². The number of allylic oxidation sites excluding steroid dienone is 1. The predicted octanol–water partition coefficient (Wildman–Crippen LogP) is 2.04. The maximum Gasteiger partial charge on any atom is 0.211 e. The van der Waals surface area contributed by atoms with Crippen molar-refractivity contribution in [2.75, 3.05) is 13.2 Å². The van der Waals surface area contributed by atoms with Gasteiger partial charge in [-0.2, -0.15) is 5.10 Å². The fourth-order valence-corrected chi connectivity index (χ4v) is 1.45. The van der Waals surface area contributed by atoms with Gasteiger partial charge in [0.1, 0.15) is 6.61 Å². The molecule has 0 unspecified atom stereocenters. The summed E-state index contributed by atoms with van der Waals surface area (Å²) in [7, 11) is 0. The van der Waals surface area contributed by atoms with Crippen LogP contribution in [0.3, 0.4) is 0 Å². The molecule has 0 bridgehead atoms. The second-order valence-electron chi connectivity index (χ2n) is 4.50. The highest BCUT2D eigenvalue weighted by molar-refractivity contribution is 5.82. The van der Waals surface area contributed by atoms with Crippen LogP contribution in [0.1, 0.15) is 26.3 Å². The lowest BCUT2D eigenvalue weighted by atomic mass is 10.2. The first kappa shape index (κ1) is 16.6. The standard InChI is InChI=1S/C15H22N4O2/c1-4-20-14-9-12(10-18-19-15(16)17)5-6-13(14)21-8-7-11(2)3/h5-7,9-10H,4,8H2,1-3H3,(H4,16,17,19). The Morgan fingerprint density at radius 1 is 1.19 bits per heavy atom. The van der Waals surface area contributed by atoms with Crippen LogP contribution in [0.5, 0.6) is 11.5 Å². The van der Waals surface area contributed by atoms with Gasteiger partial charge in [0.25, 0.3) is 0 Å². The van der Waals surface area contributed by atoms with Gasteiger partial charge in [-0.25, -0.2) is 0 Å². The van der Waals surface area contributed by atoms with Gasteiger partial charge in [-0.3, -0.25) is 0 Å². The fraction of sp³-hybridized carbons (Fsp3) is 0.333. The van der Waals surface area contributed by atoms with E-state index in [1.54, 1.807) is 6.21 Å². The molecule has 0 saturated carbocycles. The number of ether oxygens (including phenoxy) is 2. The molecule has 0 aliphatic carbocycles. The Labute approximate surface area is 125 Å². The zero-order valence-corrected chi connectivity index (χ0v) is 12.7. The second kappa shape index (κ2) is 8.63. The SMILES string of the molecule is CCOc1cc(C=NN=C(N)N)ccc1OCC=C(C)C. The van der Waals surface area contributed by atoms with E-state index in [0.29, 0.717) is 24.7 Å². The first-order valence-corrected chi connectivity index (χ1v) is 6.68. The van der Waals surface area contributed by atoms with Gasteiger partial charge < -0.3 is 20.9 Å². The minimum absolute atomic E-state index is 0.0852. The van der Waals surface area contributed by atoms with Gasteiger partial charge in [-0.15, -0.1) is 5.10 Å². The number of nitrogens with two attached hydrogens (primary N) is 2. The zero-order valence-electron chi connectivity index (χ0n) is 12.7. The minimum atomic E-state index is -0.0852. The smallest absolute Gasteiger partial charge is 0.211 e. The number of benzene rings is 1. The van der Waals surface area contributed by atoms with E-state index in [1.807, 2.05) is 45.0 Å². The van der Waals surface area contributed by atoms with Gasteiger partial charge in [0.2, 0.25) is 5.96 Å². The average Bonchev–Trinajstić information content (AvgIpc) is 2.40. The third-order valence-electron chi connectivity index (χ3n) is 2.38. The predicted molar refractivity (Wildman–Crippen MR) is 85.9 cm³/mol. The van der Waals surface area contributed by atoms with Crippen molar-refractivity contribution in [3.05, 3.63) is 35.4 Å². The van der Waals surface area contributed by atoms with E-state index in [-0.39, 0.29) is 5.96 Å². The Morgan fingerprint density at radius 3 is 2.57 bits per heavy atom. The van der Waals surface area contributed by atoms with Gasteiger partial charge in [0.05, 0.1) is 12.8 Å². The molecule has 1 rings (SSSR count). The summed E-state index contributed by atoms with van der Waals surface area (Å²) in [5, 5.41) is 7.31. The first-order chi connectivity index (χ1) is 10.0. The van der Waals surface area contributed by atoms with Gasteiger partial charge in [0, 0.05) is 0 Å². The molecule has 1 aromatic carbocycles. The molecule has 0 spiro atoms. The highest BCUT2D eigenvalue weighted by atomic mass is 16.5. The summed E-state index contributed by atoms with van der Waals surface area (Å²) in [6, 6.07) is 5.51. The molecule has 0 amide bonds. The second-order valence-corrected chi connectivity index (χ2v) is 4.50. The Balaban J connectivity index is 2.88. The molecular weight excluding hydrogens is 268 g/mol. The van der Waals surface area contributed by atoms with Gasteiger partial charge >= 0.3 is 0 Å². The van der Waals surface area contributed by atoms with Crippen molar-refractivity contribution in [1.29, 1.82) is 0 Å². The molecule has 6 nitrogen and oxygen atoms in total. The molecule has 0 aromatic heterocycles. The van der Waals surface area contributed by atoms with Crippen LogP contribution >= 0.6 is 0 Å². The lowest BCUT2D eigenvalue weighted by molar-refractivity contribution is 0.296. The molecule has 0 aliphatic heterocycles. The zero-order chi connectivity index (χ0) is 15.7. The fourth-order valence-electron chi connectivity index (χ4n) is 1.45. The Bertz CT molecular complexity index is 543. The summed E-state index contributed by atoms with van der Waals surface area (Å²) in [4.78, 5) is 0. The third kappa shape index (κ3) is 6.47. The summed E-state index contributed by atoms with van der Waals surface area (Å²) in [6.45, 7) is 7.02. The van der Waals surface area contributed by atoms with Gasteiger partial charge in [-0.1, -0.05) is 5.57 Å². The van der Waals surface area contributed by atoms with E-state index in [4.69, 9.17) is 20.9 Å². The van der Waals surface area contributed by atoms with Crippen LogP contribution in [0, 0.1) is 0 Å². The molecule has 0 heterocycles. The van der Waals surface area contributed by atoms with E-state index in [2.05, 4.69) is 10.2 Å². The largest absolute Gasteiger partial charge is 0.490 e. The van der Waals surface area contributed by atoms with E-state index in [9.17, 15) is 0 Å². The maximum absolute atomic E-state index is 5.68. The molecule has 21 heavy (non-hydrogen) atoms. The lowest BCUT2D eigenvalue weighted by Gasteiger charge is -2.11. The topological polar surface area (TPSA) is 95.2 Å². The van der Waals surface area contributed by atoms with Gasteiger partial charge in [-0.05, 0) is 50.6 Å². The minimum Gasteiger partial charge on any atom is -0.490 e. The summed E-state index contributed by atoms with van der Waals surface area (Å²) >= 11 is 0. The highest BCUT2D eigenvalue weighted by Gasteiger charge is 2.05. The Kier molecular flexibility index (Phi) is 6.80. The summed E-state index contributed by atoms with van der Waals surface area (Å²) in [5.74, 6) is 1.26. The van der Waals surface area contributed by atoms with E-state index >= 15 is 0 Å². The third-order valence-corrected chi connectivity index (χ3v) is 2.38. The molecule has 6 heteroatoms. The monoisotopic (exact) mass is 290 g/mol. The number of rotatable bonds is 7. The van der Waals surface area contributed by atoms with Crippen LogP contribution in [0.4, 0.5) is 0 Å². The van der Waals surface area contributed by atoms with Crippen LogP contribution in [0.25, 0.3) is 0 Å². The van der Waals surface area contributed by atoms with Crippen molar-refractivity contribution >= 4 is 12.2 Å². The quantitative estimate of drug-likeness (QED) is 0.347. The molecule has 1 aromatic rings. The molecule has 0 fully saturated rings. The van der Waals surface area contributed by atoms with Crippen LogP contribution < -0.4 is 20.9 Å². The summed E-state index contributed by atoms with van der Waals surface area (Å²) in [5.41, 5.74) is 12.4. The van der Waals surface area contributed by atoms with Crippen molar-refractivity contribution in [2.45, 2.75) is 20.8 Å². The van der Waals surface area contributed by atoms with Crippen LogP contribution in [-0.2, 0) is 0 Å². The van der Waals surface area contributed by atoms with Crippen molar-refractivity contribution in [2.24, 2.45) is 21.7 Å². The van der Waals surface area contributed by atoms with E-state index in [1.165, 1.54) is 5.57 Å². The van der Waals surface area contributed by atoms with E-state index < -0.39 is 0 Å². The van der Waals surface area contributed by atoms with Crippen molar-refractivity contribution < 1.29 is 9.47 Å². The van der Waals surface area contributed by atoms with Crippen LogP contribution in [0.15, 0.2) is 40.1 Å². The number of nitrogens with zero attached hydrogens (tertiary/aromatic N) is 2. The summed E-state index contributed by atoms with van der Waals surface area (Å²) in [6.07, 6.45) is 3.55. The highest BCUT2D eigenvalue weighted by Crippen LogP contribution is 2.28. The number of hydrogen-bond acceptors (Lipinski definition) is 4. The molecule has 0 saturated heterocycles. The van der Waals surface area contributed by atoms with E-state index in [0.717, 1.165) is 5.56 Å². The number of hydrogen-bond donors (Lipinski definition) is 2. The molecular formula is C15H22N4O2. The molecule has 114 valence electrons. The Hall–Kier alpha value is -2.50.